The summed E-state index contributed by atoms with van der Waals surface area (Å²) in [6, 6.07) is 3.76. The SMILES string of the molecule is Cc1nnc(NS(=O)(=O)c2ccc(N)c(Cl)c2)o1. The zero-order valence-corrected chi connectivity index (χ0v) is 10.8. The lowest BCUT2D eigenvalue weighted by molar-refractivity contribution is 0.534. The highest BCUT2D eigenvalue weighted by Gasteiger charge is 2.18. The number of rotatable bonds is 3. The quantitative estimate of drug-likeness (QED) is 0.826. The molecule has 0 radical (unpaired) electrons. The molecule has 2 aromatic rings. The van der Waals surface area contributed by atoms with Crippen molar-refractivity contribution in [3.8, 4) is 0 Å². The van der Waals surface area contributed by atoms with Gasteiger partial charge in [0.15, 0.2) is 0 Å². The second-order valence-corrected chi connectivity index (χ2v) is 5.50. The Hall–Kier alpha value is -1.80. The summed E-state index contributed by atoms with van der Waals surface area (Å²) in [6.45, 7) is 1.55. The highest BCUT2D eigenvalue weighted by molar-refractivity contribution is 7.92. The van der Waals surface area contributed by atoms with Crippen molar-refractivity contribution >= 4 is 33.3 Å². The summed E-state index contributed by atoms with van der Waals surface area (Å²) in [5.74, 6) is 0.253. The molecule has 7 nitrogen and oxygen atoms in total. The molecule has 0 saturated carbocycles. The lowest BCUT2D eigenvalue weighted by atomic mass is 10.3. The summed E-state index contributed by atoms with van der Waals surface area (Å²) in [7, 11) is -3.83. The fraction of sp³-hybridized carbons (Fsp3) is 0.111. The van der Waals surface area contributed by atoms with Crippen molar-refractivity contribution in [2.45, 2.75) is 11.8 Å². The zero-order chi connectivity index (χ0) is 13.3. The Labute approximate surface area is 108 Å². The van der Waals surface area contributed by atoms with E-state index in [1.54, 1.807) is 6.92 Å². The molecule has 3 N–H and O–H groups in total. The van der Waals surface area contributed by atoms with Gasteiger partial charge in [-0.15, -0.1) is 5.10 Å². The Morgan fingerprint density at radius 1 is 1.39 bits per heavy atom. The van der Waals surface area contributed by atoms with Crippen LogP contribution in [0.2, 0.25) is 5.02 Å². The fourth-order valence-corrected chi connectivity index (χ4v) is 2.38. The molecule has 9 heteroatoms. The van der Waals surface area contributed by atoms with Gasteiger partial charge in [-0.25, -0.2) is 13.1 Å². The number of nitrogens with zero attached hydrogens (tertiary/aromatic N) is 2. The van der Waals surface area contributed by atoms with Gasteiger partial charge < -0.3 is 10.2 Å². The van der Waals surface area contributed by atoms with Crippen molar-refractivity contribution in [1.29, 1.82) is 0 Å². The van der Waals surface area contributed by atoms with Crippen LogP contribution < -0.4 is 10.5 Å². The van der Waals surface area contributed by atoms with Crippen molar-refractivity contribution in [1.82, 2.24) is 10.2 Å². The summed E-state index contributed by atoms with van der Waals surface area (Å²) >= 11 is 5.76. The minimum atomic E-state index is -3.83. The number of sulfonamides is 1. The third-order valence-electron chi connectivity index (χ3n) is 2.03. The molecule has 0 aliphatic heterocycles. The smallest absolute Gasteiger partial charge is 0.329 e. The Balaban J connectivity index is 2.33. The van der Waals surface area contributed by atoms with Crippen molar-refractivity contribution in [2.24, 2.45) is 0 Å². The lowest BCUT2D eigenvalue weighted by Crippen LogP contribution is -2.13. The van der Waals surface area contributed by atoms with E-state index in [0.717, 1.165) is 0 Å². The number of hydrogen-bond donors (Lipinski definition) is 2. The van der Waals surface area contributed by atoms with Crippen molar-refractivity contribution < 1.29 is 12.8 Å². The minimum Gasteiger partial charge on any atom is -0.408 e. The normalized spacial score (nSPS) is 11.4. The van der Waals surface area contributed by atoms with E-state index in [4.69, 9.17) is 21.8 Å². The van der Waals surface area contributed by atoms with Gasteiger partial charge in [0.2, 0.25) is 5.89 Å². The summed E-state index contributed by atoms with van der Waals surface area (Å²) < 4.78 is 30.9. The van der Waals surface area contributed by atoms with Crippen LogP contribution in [0.1, 0.15) is 5.89 Å². The first-order valence-electron chi connectivity index (χ1n) is 4.76. The van der Waals surface area contributed by atoms with Gasteiger partial charge in [0, 0.05) is 6.92 Å². The molecule has 0 fully saturated rings. The van der Waals surface area contributed by atoms with E-state index in [1.165, 1.54) is 18.2 Å². The number of aryl methyl sites for hydroxylation is 1. The Morgan fingerprint density at radius 3 is 2.67 bits per heavy atom. The summed E-state index contributed by atoms with van der Waals surface area (Å²) in [5, 5.41) is 7.19. The predicted octanol–water partition coefficient (Wildman–Crippen LogP) is 1.41. The minimum absolute atomic E-state index is 0.0439. The van der Waals surface area contributed by atoms with Crippen LogP contribution in [0.25, 0.3) is 0 Å². The predicted molar refractivity (Wildman–Crippen MR) is 65.7 cm³/mol. The van der Waals surface area contributed by atoms with Gasteiger partial charge in [0.25, 0.3) is 10.0 Å². The van der Waals surface area contributed by atoms with Gasteiger partial charge in [-0.2, -0.15) is 0 Å². The van der Waals surface area contributed by atoms with Crippen LogP contribution in [0.15, 0.2) is 27.5 Å². The van der Waals surface area contributed by atoms with Crippen molar-refractivity contribution in [2.75, 3.05) is 10.5 Å². The van der Waals surface area contributed by atoms with Crippen LogP contribution in [0.3, 0.4) is 0 Å². The first-order valence-corrected chi connectivity index (χ1v) is 6.62. The third kappa shape index (κ3) is 2.54. The maximum atomic E-state index is 11.9. The molecule has 1 aromatic heterocycles. The van der Waals surface area contributed by atoms with Gasteiger partial charge in [0.05, 0.1) is 15.6 Å². The molecule has 0 atom stereocenters. The average Bonchev–Trinajstić information content (AvgIpc) is 2.67. The molecule has 0 spiro atoms. The molecule has 0 saturated heterocycles. The highest BCUT2D eigenvalue weighted by atomic mass is 35.5. The number of anilines is 2. The molecule has 1 aromatic carbocycles. The van der Waals surface area contributed by atoms with Crippen LogP contribution in [-0.2, 0) is 10.0 Å². The van der Waals surface area contributed by atoms with Gasteiger partial charge in [-0.3, -0.25) is 0 Å². The van der Waals surface area contributed by atoms with E-state index >= 15 is 0 Å². The molecule has 0 bridgehead atoms. The molecule has 0 aliphatic carbocycles. The van der Waals surface area contributed by atoms with Gasteiger partial charge in [-0.1, -0.05) is 16.7 Å². The molecule has 0 unspecified atom stereocenters. The van der Waals surface area contributed by atoms with Crippen molar-refractivity contribution in [3.05, 3.63) is 29.1 Å². The summed E-state index contributed by atoms with van der Waals surface area (Å²) in [5.41, 5.74) is 5.80. The number of benzene rings is 1. The standard InChI is InChI=1S/C9H9ClN4O3S/c1-5-12-13-9(17-5)14-18(15,16)6-2-3-8(11)7(10)4-6/h2-4H,11H2,1H3,(H,13,14). The molecule has 96 valence electrons. The molecule has 0 aliphatic rings. The number of nitrogens with one attached hydrogen (secondary N) is 1. The van der Waals surface area contributed by atoms with E-state index in [1.807, 2.05) is 0 Å². The van der Waals surface area contributed by atoms with Crippen LogP contribution in [0.5, 0.6) is 0 Å². The fourth-order valence-electron chi connectivity index (χ4n) is 1.19. The maximum Gasteiger partial charge on any atom is 0.329 e. The zero-order valence-electron chi connectivity index (χ0n) is 9.21. The van der Waals surface area contributed by atoms with E-state index in [2.05, 4.69) is 14.9 Å². The molecule has 18 heavy (non-hydrogen) atoms. The highest BCUT2D eigenvalue weighted by Crippen LogP contribution is 2.23. The summed E-state index contributed by atoms with van der Waals surface area (Å²) in [4.78, 5) is -0.0439. The van der Waals surface area contributed by atoms with E-state index in [-0.39, 0.29) is 21.8 Å². The Morgan fingerprint density at radius 2 is 2.11 bits per heavy atom. The lowest BCUT2D eigenvalue weighted by Gasteiger charge is -2.05. The van der Waals surface area contributed by atoms with Crippen LogP contribution in [-0.4, -0.2) is 18.6 Å². The summed E-state index contributed by atoms with van der Waals surface area (Å²) in [6.07, 6.45) is 0. The average molecular weight is 289 g/mol. The van der Waals surface area contributed by atoms with Gasteiger partial charge in [0.1, 0.15) is 0 Å². The van der Waals surface area contributed by atoms with Gasteiger partial charge >= 0.3 is 6.01 Å². The first kappa shape index (κ1) is 12.7. The Kier molecular flexibility index (Phi) is 3.14. The van der Waals surface area contributed by atoms with Crippen LogP contribution in [0, 0.1) is 6.92 Å². The third-order valence-corrected chi connectivity index (χ3v) is 3.68. The number of hydrogen-bond acceptors (Lipinski definition) is 6. The first-order chi connectivity index (χ1) is 8.38. The topological polar surface area (TPSA) is 111 Å². The molecule has 2 rings (SSSR count). The van der Waals surface area contributed by atoms with E-state index in [9.17, 15) is 8.42 Å². The van der Waals surface area contributed by atoms with Crippen molar-refractivity contribution in [3.63, 3.8) is 0 Å². The molecule has 1 heterocycles. The number of aromatic nitrogens is 2. The second kappa shape index (κ2) is 4.46. The van der Waals surface area contributed by atoms with Crippen LogP contribution >= 0.6 is 11.6 Å². The van der Waals surface area contributed by atoms with E-state index in [0.29, 0.717) is 5.69 Å². The molecular formula is C9H9ClN4O3S. The molecular weight excluding hydrogens is 280 g/mol. The number of halogens is 1. The molecule has 0 amide bonds. The van der Waals surface area contributed by atoms with E-state index < -0.39 is 10.0 Å². The Bertz CT molecular complexity index is 683. The number of nitrogens with two attached hydrogens (primary N) is 1. The second-order valence-electron chi connectivity index (χ2n) is 3.42. The number of nitrogen functional groups attached to an aromatic ring is 1. The maximum absolute atomic E-state index is 11.9. The van der Waals surface area contributed by atoms with Gasteiger partial charge in [-0.05, 0) is 18.2 Å². The monoisotopic (exact) mass is 288 g/mol. The largest absolute Gasteiger partial charge is 0.408 e. The van der Waals surface area contributed by atoms with Crippen LogP contribution in [0.4, 0.5) is 11.7 Å².